The zero-order valence-electron chi connectivity index (χ0n) is 2.39. The summed E-state index contributed by atoms with van der Waals surface area (Å²) in [6.07, 6.45) is 0. The lowest BCUT2D eigenvalue weighted by atomic mass is 11.5. The number of hydrogen-bond donors (Lipinski definition) is 1. The molecule has 0 aliphatic carbocycles. The first-order valence-corrected chi connectivity index (χ1v) is 0.924. The van der Waals surface area contributed by atoms with E-state index in [4.69, 9.17) is 5.39 Å². The zero-order chi connectivity index (χ0) is 3.41. The van der Waals surface area contributed by atoms with Crippen LogP contribution in [0.25, 0.3) is 5.08 Å². The molecule has 3 nitrogen and oxygen atoms in total. The third kappa shape index (κ3) is 1.22. The van der Waals surface area contributed by atoms with Crippen molar-refractivity contribution in [3.05, 3.63) is 5.08 Å². The van der Waals surface area contributed by atoms with Gasteiger partial charge in [-0.2, -0.15) is 0 Å². The molecular weight excluding hydrogens is 54.0 g/mol. The van der Waals surface area contributed by atoms with E-state index in [0.717, 1.165) is 0 Å². The van der Waals surface area contributed by atoms with E-state index < -0.39 is 0 Å². The first kappa shape index (κ1) is 3.22. The average Bonchev–Trinajstić information content (AvgIpc) is 1.37. The van der Waals surface area contributed by atoms with Crippen molar-refractivity contribution >= 4 is 0 Å². The molecule has 4 heavy (non-hydrogen) atoms. The van der Waals surface area contributed by atoms with Gasteiger partial charge in [0.05, 0.1) is 7.05 Å². The Morgan fingerprint density at radius 2 is 2.25 bits per heavy atom. The Morgan fingerprint density at radius 1 is 2.00 bits per heavy atom. The van der Waals surface area contributed by atoms with Crippen molar-refractivity contribution in [3.8, 4) is 0 Å². The average molecular weight is 58.1 g/mol. The number of diazo groups is 1. The second kappa shape index (κ2) is 2.22. The highest BCUT2D eigenvalue weighted by Crippen LogP contribution is 1.30. The van der Waals surface area contributed by atoms with Crippen LogP contribution < -0.4 is 5.43 Å². The van der Waals surface area contributed by atoms with Crippen molar-refractivity contribution in [1.29, 1.82) is 5.39 Å². The third-order valence-corrected chi connectivity index (χ3v) is 0.100. The number of nitrogens with zero attached hydrogens (tertiary/aromatic N) is 2. The highest BCUT2D eigenvalue weighted by molar-refractivity contribution is 4.22. The molecule has 0 aliphatic heterocycles. The minimum atomic E-state index is 1.51. The summed E-state index contributed by atoms with van der Waals surface area (Å²) in [4.78, 5) is 0. The maximum atomic E-state index is 7.39. The molecule has 0 spiro atoms. The Balaban J connectivity index is 2.43. The van der Waals surface area contributed by atoms with Crippen LogP contribution in [0, 0.1) is 5.39 Å². The Morgan fingerprint density at radius 3 is 2.25 bits per heavy atom. The van der Waals surface area contributed by atoms with Gasteiger partial charge in [0.2, 0.25) is 0 Å². The van der Waals surface area contributed by atoms with E-state index in [-0.39, 0.29) is 0 Å². The van der Waals surface area contributed by atoms with Crippen LogP contribution in [0.4, 0.5) is 0 Å². The maximum Gasteiger partial charge on any atom is 0.302 e. The topological polar surface area (TPSA) is 40.2 Å². The predicted molar refractivity (Wildman–Crippen MR) is 14.1 cm³/mol. The van der Waals surface area contributed by atoms with Gasteiger partial charge in [0.25, 0.3) is 5.39 Å². The van der Waals surface area contributed by atoms with Gasteiger partial charge in [-0.3, -0.25) is 0 Å². The largest absolute Gasteiger partial charge is 0.302 e. The van der Waals surface area contributed by atoms with Crippen LogP contribution in [0.3, 0.4) is 0 Å². The van der Waals surface area contributed by atoms with E-state index in [1.165, 1.54) is 7.05 Å². The van der Waals surface area contributed by atoms with Gasteiger partial charge in [0.15, 0.2) is 0 Å². The molecule has 0 bridgehead atoms. The van der Waals surface area contributed by atoms with E-state index in [0.29, 0.717) is 0 Å². The molecule has 0 aromatic carbocycles. The normalized spacial score (nSPS) is 4.00. The lowest BCUT2D eigenvalue weighted by Gasteiger charge is -1.39. The highest BCUT2D eigenvalue weighted by atomic mass is 15.3. The summed E-state index contributed by atoms with van der Waals surface area (Å²) in [7, 11) is 1.51. The van der Waals surface area contributed by atoms with E-state index in [1.807, 2.05) is 0 Å². The van der Waals surface area contributed by atoms with Gasteiger partial charge in [0.1, 0.15) is 0 Å². The molecule has 0 aromatic heterocycles. The maximum absolute atomic E-state index is 7.39. The first-order valence-electron chi connectivity index (χ1n) is 0.924. The summed E-state index contributed by atoms with van der Waals surface area (Å²) in [5.74, 6) is 0. The highest BCUT2D eigenvalue weighted by Gasteiger charge is 1.59. The van der Waals surface area contributed by atoms with E-state index in [9.17, 15) is 0 Å². The molecule has 0 unspecified atom stereocenters. The van der Waals surface area contributed by atoms with Gasteiger partial charge in [-0.25, -0.2) is 0 Å². The molecule has 0 saturated carbocycles. The molecule has 0 amide bonds. The third-order valence-electron chi connectivity index (χ3n) is 0.100. The second-order valence-electron chi connectivity index (χ2n) is 0.324. The zero-order valence-corrected chi connectivity index (χ0v) is 2.39. The van der Waals surface area contributed by atoms with E-state index in [1.54, 1.807) is 0 Å². The van der Waals surface area contributed by atoms with Crippen molar-refractivity contribution in [3.63, 3.8) is 0 Å². The summed E-state index contributed by atoms with van der Waals surface area (Å²) < 4.78 is 0. The molecule has 0 rings (SSSR count). The smallest absolute Gasteiger partial charge is 0.0474 e. The van der Waals surface area contributed by atoms with Crippen molar-refractivity contribution in [2.45, 2.75) is 0 Å². The van der Waals surface area contributed by atoms with Gasteiger partial charge >= 0.3 is 5.08 Å². The quantitative estimate of drug-likeness (QED) is 0.314. The van der Waals surface area contributed by atoms with Crippen LogP contribution in [-0.2, 0) is 0 Å². The monoisotopic (exact) mass is 58.0 g/mol. The molecular formula is CH4N3+. The van der Waals surface area contributed by atoms with Crippen molar-refractivity contribution < 1.29 is 0 Å². The fraction of sp³-hybridized carbons (Fsp3) is 1.00. The summed E-state index contributed by atoms with van der Waals surface area (Å²) in [6.45, 7) is 0. The molecule has 0 saturated heterocycles. The number of nitrogens with one attached hydrogen (secondary N) is 1. The second-order valence-corrected chi connectivity index (χ2v) is 0.324. The molecule has 0 fully saturated rings. The lowest BCUT2D eigenvalue weighted by molar-refractivity contribution is 1.04. The van der Waals surface area contributed by atoms with Crippen LogP contribution in [0.15, 0.2) is 0 Å². The van der Waals surface area contributed by atoms with Crippen LogP contribution in [0.5, 0.6) is 0 Å². The van der Waals surface area contributed by atoms with Gasteiger partial charge in [-0.05, 0) is 5.43 Å². The van der Waals surface area contributed by atoms with Crippen LogP contribution in [-0.4, -0.2) is 7.05 Å². The van der Waals surface area contributed by atoms with Gasteiger partial charge in [-0.15, -0.1) is 0 Å². The summed E-state index contributed by atoms with van der Waals surface area (Å²) in [6, 6.07) is 0. The van der Waals surface area contributed by atoms with Crippen LogP contribution in [0.1, 0.15) is 0 Å². The Labute approximate surface area is 24.2 Å². The Bertz CT molecular complexity index is 33.0. The van der Waals surface area contributed by atoms with Crippen molar-refractivity contribution in [2.75, 3.05) is 7.05 Å². The fourth-order valence-electron chi connectivity index (χ4n) is 0. The molecule has 22 valence electrons. The van der Waals surface area contributed by atoms with E-state index in [2.05, 4.69) is 10.5 Å². The van der Waals surface area contributed by atoms with Crippen LogP contribution in [0.2, 0.25) is 0 Å². The molecule has 0 aliphatic rings. The Kier molecular flexibility index (Phi) is 1.79. The molecule has 0 aromatic rings. The van der Waals surface area contributed by atoms with Gasteiger partial charge in [-0.1, -0.05) is 0 Å². The predicted octanol–water partition coefficient (Wildman–Crippen LogP) is -0.0261. The summed E-state index contributed by atoms with van der Waals surface area (Å²) >= 11 is 0. The lowest BCUT2D eigenvalue weighted by Crippen LogP contribution is -1.84. The summed E-state index contributed by atoms with van der Waals surface area (Å²) in [5.41, 5.74) is 2.11. The molecule has 1 N–H and O–H groups in total. The summed E-state index contributed by atoms with van der Waals surface area (Å²) in [5, 5.41) is 9.88. The van der Waals surface area contributed by atoms with Gasteiger partial charge in [0, 0.05) is 0 Å². The molecule has 0 heterocycles. The molecule has 3 heteroatoms. The minimum Gasteiger partial charge on any atom is -0.0474 e. The molecule has 0 atom stereocenters. The van der Waals surface area contributed by atoms with Crippen molar-refractivity contribution in [2.24, 2.45) is 0 Å². The first-order chi connectivity index (χ1) is 1.91. The van der Waals surface area contributed by atoms with E-state index >= 15 is 0 Å². The fourth-order valence-corrected chi connectivity index (χ4v) is 0. The number of hydrogen-bond acceptors (Lipinski definition) is 2. The molecule has 0 radical (unpaired) electrons. The van der Waals surface area contributed by atoms with Crippen molar-refractivity contribution in [1.82, 2.24) is 5.43 Å². The Hall–Kier alpha value is -0.780. The SMILES string of the molecule is CN[N+]#N. The van der Waals surface area contributed by atoms with Crippen LogP contribution >= 0.6 is 0 Å². The number of rotatable bonds is 0. The minimum absolute atomic E-state index is 1.51. The standard InChI is InChI=1S/CH4N3/c1-3-4-2/h3H,1H3/q+1. The van der Waals surface area contributed by atoms with Gasteiger partial charge < -0.3 is 0 Å².